The molecule has 35 heavy (non-hydrogen) atoms. The lowest BCUT2D eigenvalue weighted by atomic mass is 9.87. The molecule has 0 radical (unpaired) electrons. The molecular formula is C28H36N4O3. The van der Waals surface area contributed by atoms with Gasteiger partial charge in [0.25, 0.3) is 0 Å². The molecule has 0 spiro atoms. The van der Waals surface area contributed by atoms with Crippen LogP contribution in [0.3, 0.4) is 0 Å². The molecule has 0 aliphatic carbocycles. The summed E-state index contributed by atoms with van der Waals surface area (Å²) >= 11 is 0. The molecule has 0 bridgehead atoms. The number of hydrogen-bond donors (Lipinski definition) is 1. The highest BCUT2D eigenvalue weighted by atomic mass is 16.5. The zero-order valence-corrected chi connectivity index (χ0v) is 21.4. The summed E-state index contributed by atoms with van der Waals surface area (Å²) < 4.78 is 11.3. The van der Waals surface area contributed by atoms with Crippen LogP contribution in [0.15, 0.2) is 53.1 Å². The van der Waals surface area contributed by atoms with E-state index in [0.29, 0.717) is 24.8 Å². The van der Waals surface area contributed by atoms with Gasteiger partial charge in [-0.3, -0.25) is 9.69 Å². The van der Waals surface area contributed by atoms with E-state index in [4.69, 9.17) is 9.26 Å². The lowest BCUT2D eigenvalue weighted by molar-refractivity contribution is -0.121. The quantitative estimate of drug-likeness (QED) is 0.473. The Morgan fingerprint density at radius 3 is 2.69 bits per heavy atom. The van der Waals surface area contributed by atoms with E-state index in [1.165, 1.54) is 5.56 Å². The number of benzene rings is 2. The highest BCUT2D eigenvalue weighted by Crippen LogP contribution is 2.26. The largest absolute Gasteiger partial charge is 0.491 e. The molecule has 1 aromatic heterocycles. The number of hydrogen-bond acceptors (Lipinski definition) is 6. The van der Waals surface area contributed by atoms with Crippen LogP contribution in [-0.4, -0.2) is 40.1 Å². The fraction of sp³-hybridized carbons (Fsp3) is 0.464. The predicted octanol–water partition coefficient (Wildman–Crippen LogP) is 5.67. The minimum absolute atomic E-state index is 0.0292. The van der Waals surface area contributed by atoms with Crippen molar-refractivity contribution < 1.29 is 14.1 Å². The first-order chi connectivity index (χ1) is 16.7. The van der Waals surface area contributed by atoms with Gasteiger partial charge in [-0.05, 0) is 56.3 Å². The van der Waals surface area contributed by atoms with Gasteiger partial charge in [0.2, 0.25) is 17.6 Å². The van der Waals surface area contributed by atoms with Crippen molar-refractivity contribution >= 4 is 11.6 Å². The Bertz CT molecular complexity index is 1130. The number of aromatic nitrogens is 2. The molecule has 1 N–H and O–H groups in total. The van der Waals surface area contributed by atoms with Crippen LogP contribution in [0, 0.1) is 5.92 Å². The van der Waals surface area contributed by atoms with Crippen molar-refractivity contribution in [1.29, 1.82) is 0 Å². The summed E-state index contributed by atoms with van der Waals surface area (Å²) in [6.45, 7) is 12.6. The topological polar surface area (TPSA) is 80.5 Å². The van der Waals surface area contributed by atoms with E-state index in [2.05, 4.69) is 53.3 Å². The number of nitrogens with one attached hydrogen (secondary N) is 1. The SMILES string of the molecule is CC(C)Oc1cccc(NC(=O)C2CCCN(Cc3nc(-c4ccc(C(C)(C)C)cc4)no3)C2)c1. The molecule has 186 valence electrons. The van der Waals surface area contributed by atoms with Gasteiger partial charge < -0.3 is 14.6 Å². The second kappa shape index (κ2) is 10.6. The minimum atomic E-state index is -0.0919. The Kier molecular flexibility index (Phi) is 7.55. The van der Waals surface area contributed by atoms with Crippen LogP contribution in [-0.2, 0) is 16.8 Å². The summed E-state index contributed by atoms with van der Waals surface area (Å²) in [6, 6.07) is 15.9. The van der Waals surface area contributed by atoms with Crippen LogP contribution in [0.1, 0.15) is 58.9 Å². The molecule has 2 aromatic carbocycles. The van der Waals surface area contributed by atoms with Crippen molar-refractivity contribution in [2.24, 2.45) is 5.92 Å². The second-order valence-electron chi connectivity index (χ2n) is 10.6. The summed E-state index contributed by atoms with van der Waals surface area (Å²) in [4.78, 5) is 19.8. The van der Waals surface area contributed by atoms with Gasteiger partial charge in [0.1, 0.15) is 5.75 Å². The molecule has 7 nitrogen and oxygen atoms in total. The fourth-order valence-electron chi connectivity index (χ4n) is 4.32. The van der Waals surface area contributed by atoms with Gasteiger partial charge in [0.05, 0.1) is 18.6 Å². The number of rotatable bonds is 7. The lowest BCUT2D eigenvalue weighted by Gasteiger charge is -2.30. The number of carbonyl (C=O) groups excluding carboxylic acids is 1. The predicted molar refractivity (Wildman–Crippen MR) is 137 cm³/mol. The van der Waals surface area contributed by atoms with Crippen molar-refractivity contribution in [3.05, 3.63) is 60.0 Å². The van der Waals surface area contributed by atoms with Gasteiger partial charge in [-0.25, -0.2) is 0 Å². The monoisotopic (exact) mass is 476 g/mol. The molecule has 1 unspecified atom stereocenters. The van der Waals surface area contributed by atoms with Crippen LogP contribution in [0.4, 0.5) is 5.69 Å². The number of ether oxygens (including phenoxy) is 1. The lowest BCUT2D eigenvalue weighted by Crippen LogP contribution is -2.40. The normalized spacial score (nSPS) is 16.9. The van der Waals surface area contributed by atoms with Gasteiger partial charge >= 0.3 is 0 Å². The van der Waals surface area contributed by atoms with Gasteiger partial charge in [0, 0.05) is 23.9 Å². The van der Waals surface area contributed by atoms with Crippen molar-refractivity contribution in [1.82, 2.24) is 15.0 Å². The number of anilines is 1. The molecule has 1 amide bonds. The highest BCUT2D eigenvalue weighted by molar-refractivity contribution is 5.92. The first-order valence-corrected chi connectivity index (χ1v) is 12.4. The number of nitrogens with zero attached hydrogens (tertiary/aromatic N) is 3. The Hall–Kier alpha value is -3.19. The maximum absolute atomic E-state index is 13.0. The van der Waals surface area contributed by atoms with E-state index in [1.54, 1.807) is 0 Å². The molecule has 4 rings (SSSR count). The van der Waals surface area contributed by atoms with E-state index >= 15 is 0 Å². The van der Waals surface area contributed by atoms with E-state index in [1.807, 2.05) is 50.2 Å². The van der Waals surface area contributed by atoms with E-state index in [-0.39, 0.29) is 23.3 Å². The molecule has 2 heterocycles. The summed E-state index contributed by atoms with van der Waals surface area (Å²) in [5.74, 6) is 1.85. The minimum Gasteiger partial charge on any atom is -0.491 e. The molecular weight excluding hydrogens is 440 g/mol. The summed E-state index contributed by atoms with van der Waals surface area (Å²) in [5, 5.41) is 7.23. The van der Waals surface area contributed by atoms with Crippen LogP contribution in [0.2, 0.25) is 0 Å². The third-order valence-electron chi connectivity index (χ3n) is 6.19. The molecule has 3 aromatic rings. The average molecular weight is 477 g/mol. The number of amides is 1. The zero-order valence-electron chi connectivity index (χ0n) is 21.4. The fourth-order valence-corrected chi connectivity index (χ4v) is 4.32. The molecule has 1 aliphatic rings. The Balaban J connectivity index is 1.34. The molecule has 1 saturated heterocycles. The number of carbonyl (C=O) groups is 1. The van der Waals surface area contributed by atoms with Crippen molar-refractivity contribution in [3.63, 3.8) is 0 Å². The van der Waals surface area contributed by atoms with Crippen LogP contribution < -0.4 is 10.1 Å². The molecule has 1 fully saturated rings. The molecule has 1 atom stereocenters. The second-order valence-corrected chi connectivity index (χ2v) is 10.6. The Morgan fingerprint density at radius 2 is 1.97 bits per heavy atom. The van der Waals surface area contributed by atoms with Gasteiger partial charge in [-0.1, -0.05) is 56.3 Å². The molecule has 7 heteroatoms. The van der Waals surface area contributed by atoms with Crippen molar-refractivity contribution in [3.8, 4) is 17.1 Å². The first-order valence-electron chi connectivity index (χ1n) is 12.4. The average Bonchev–Trinajstić information content (AvgIpc) is 3.27. The standard InChI is InChI=1S/C28H36N4O3/c1-19(2)34-24-10-6-9-23(16-24)29-27(33)21-8-7-15-32(17-21)18-25-30-26(31-35-25)20-11-13-22(14-12-20)28(3,4)5/h6,9-14,16,19,21H,7-8,15,17-18H2,1-5H3,(H,29,33). The summed E-state index contributed by atoms with van der Waals surface area (Å²) in [7, 11) is 0. The maximum atomic E-state index is 13.0. The van der Waals surface area contributed by atoms with Crippen molar-refractivity contribution in [2.75, 3.05) is 18.4 Å². The highest BCUT2D eigenvalue weighted by Gasteiger charge is 2.27. The van der Waals surface area contributed by atoms with E-state index in [0.717, 1.165) is 36.4 Å². The van der Waals surface area contributed by atoms with E-state index in [9.17, 15) is 4.79 Å². The zero-order chi connectivity index (χ0) is 25.0. The van der Waals surface area contributed by atoms with E-state index < -0.39 is 0 Å². The smallest absolute Gasteiger partial charge is 0.241 e. The van der Waals surface area contributed by atoms with Gasteiger partial charge in [-0.15, -0.1) is 0 Å². The maximum Gasteiger partial charge on any atom is 0.241 e. The Labute approximate surface area is 207 Å². The van der Waals surface area contributed by atoms with Gasteiger partial charge in [0.15, 0.2) is 0 Å². The number of likely N-dealkylation sites (tertiary alicyclic amines) is 1. The first kappa shape index (κ1) is 24.9. The number of piperidine rings is 1. The van der Waals surface area contributed by atoms with Crippen molar-refractivity contribution in [2.45, 2.75) is 65.5 Å². The third-order valence-corrected chi connectivity index (χ3v) is 6.19. The Morgan fingerprint density at radius 1 is 1.20 bits per heavy atom. The molecule has 0 saturated carbocycles. The summed E-state index contributed by atoms with van der Waals surface area (Å²) in [6.07, 6.45) is 1.89. The third kappa shape index (κ3) is 6.69. The van der Waals surface area contributed by atoms with Gasteiger partial charge in [-0.2, -0.15) is 4.98 Å². The van der Waals surface area contributed by atoms with Crippen LogP contribution in [0.5, 0.6) is 5.75 Å². The van der Waals surface area contributed by atoms with Crippen LogP contribution in [0.25, 0.3) is 11.4 Å². The summed E-state index contributed by atoms with van der Waals surface area (Å²) in [5.41, 5.74) is 3.06. The molecule has 1 aliphatic heterocycles. The van der Waals surface area contributed by atoms with Crippen LogP contribution >= 0.6 is 0 Å².